The molecule has 4 nitrogen and oxygen atoms in total. The molecule has 4 rings (SSSR count). The first-order valence-electron chi connectivity index (χ1n) is 10.3. The number of nitrogens with one attached hydrogen (secondary N) is 2. The zero-order valence-electron chi connectivity index (χ0n) is 16.0. The molecule has 1 saturated carbocycles. The van der Waals surface area contributed by atoms with E-state index in [1.165, 1.54) is 50.8 Å². The second-order valence-corrected chi connectivity index (χ2v) is 8.62. The van der Waals surface area contributed by atoms with Gasteiger partial charge in [0.25, 0.3) is 0 Å². The maximum atomic E-state index is 5.99. The van der Waals surface area contributed by atoms with Crippen molar-refractivity contribution in [3.63, 3.8) is 0 Å². The van der Waals surface area contributed by atoms with Gasteiger partial charge in [0, 0.05) is 36.2 Å². The minimum atomic E-state index is 0. The number of piperidine rings is 1. The second-order valence-electron chi connectivity index (χ2n) is 8.18. The third kappa shape index (κ3) is 5.81. The van der Waals surface area contributed by atoms with Crippen molar-refractivity contribution in [2.45, 2.75) is 56.8 Å². The van der Waals surface area contributed by atoms with Crippen LogP contribution in [0.2, 0.25) is 5.02 Å². The number of hydrogen-bond acceptors (Lipinski definition) is 4. The number of ether oxygens (including phenoxy) is 1. The van der Waals surface area contributed by atoms with Gasteiger partial charge in [-0.05, 0) is 62.4 Å². The molecule has 6 heteroatoms. The van der Waals surface area contributed by atoms with Crippen molar-refractivity contribution in [1.29, 1.82) is 0 Å². The molecule has 1 aliphatic carbocycles. The summed E-state index contributed by atoms with van der Waals surface area (Å²) >= 11 is 5.99. The van der Waals surface area contributed by atoms with Crippen LogP contribution in [0.5, 0.6) is 0 Å². The molecule has 0 spiro atoms. The summed E-state index contributed by atoms with van der Waals surface area (Å²) in [6.45, 7) is 6.18. The Labute approximate surface area is 174 Å². The van der Waals surface area contributed by atoms with Crippen LogP contribution in [-0.4, -0.2) is 55.9 Å². The fourth-order valence-electron chi connectivity index (χ4n) is 4.95. The molecule has 0 aromatic heterocycles. The van der Waals surface area contributed by atoms with Crippen LogP contribution in [0, 0.1) is 5.92 Å². The summed E-state index contributed by atoms with van der Waals surface area (Å²) in [7, 11) is 0. The Bertz CT molecular complexity index is 557. The molecule has 1 aromatic rings. The highest BCUT2D eigenvalue weighted by Crippen LogP contribution is 2.30. The molecule has 152 valence electrons. The van der Waals surface area contributed by atoms with Crippen LogP contribution in [0.4, 0.5) is 0 Å². The summed E-state index contributed by atoms with van der Waals surface area (Å²) in [5.74, 6) is 0.738. The first kappa shape index (κ1) is 21.4. The molecule has 3 unspecified atom stereocenters. The number of benzene rings is 1. The van der Waals surface area contributed by atoms with Gasteiger partial charge in [0.2, 0.25) is 0 Å². The van der Waals surface area contributed by atoms with Gasteiger partial charge in [0.05, 0.1) is 13.2 Å². The Balaban J connectivity index is 0.00000210. The number of hydrogen-bond donors (Lipinski definition) is 2. The Morgan fingerprint density at radius 3 is 2.59 bits per heavy atom. The van der Waals surface area contributed by atoms with Crippen molar-refractivity contribution in [3.8, 4) is 0 Å². The monoisotopic (exact) mass is 413 g/mol. The molecular formula is C21H33Cl2N3O. The summed E-state index contributed by atoms with van der Waals surface area (Å²) in [5.41, 5.74) is 1.36. The highest BCUT2D eigenvalue weighted by Gasteiger charge is 2.36. The molecule has 2 aliphatic heterocycles. The molecule has 0 radical (unpaired) electrons. The van der Waals surface area contributed by atoms with E-state index in [9.17, 15) is 0 Å². The molecule has 27 heavy (non-hydrogen) atoms. The van der Waals surface area contributed by atoms with Crippen LogP contribution in [0.15, 0.2) is 24.3 Å². The number of halogens is 2. The van der Waals surface area contributed by atoms with Crippen LogP contribution < -0.4 is 10.6 Å². The predicted molar refractivity (Wildman–Crippen MR) is 114 cm³/mol. The van der Waals surface area contributed by atoms with E-state index in [0.29, 0.717) is 18.1 Å². The minimum absolute atomic E-state index is 0. The van der Waals surface area contributed by atoms with Crippen molar-refractivity contribution >= 4 is 24.0 Å². The van der Waals surface area contributed by atoms with Gasteiger partial charge in [-0.2, -0.15) is 0 Å². The smallest absolute Gasteiger partial charge is 0.0623 e. The van der Waals surface area contributed by atoms with E-state index in [2.05, 4.69) is 27.7 Å². The third-order valence-corrected chi connectivity index (χ3v) is 6.65. The number of nitrogens with zero attached hydrogens (tertiary/aromatic N) is 1. The quantitative estimate of drug-likeness (QED) is 0.774. The van der Waals surface area contributed by atoms with E-state index < -0.39 is 0 Å². The number of likely N-dealkylation sites (tertiary alicyclic amines) is 1. The Morgan fingerprint density at radius 2 is 1.89 bits per heavy atom. The zero-order valence-corrected chi connectivity index (χ0v) is 17.6. The number of morpholine rings is 1. The lowest BCUT2D eigenvalue weighted by atomic mass is 9.92. The van der Waals surface area contributed by atoms with Crippen molar-refractivity contribution in [1.82, 2.24) is 15.5 Å². The fraction of sp³-hybridized carbons (Fsp3) is 0.714. The third-order valence-electron chi connectivity index (χ3n) is 6.39. The van der Waals surface area contributed by atoms with Crippen LogP contribution in [0.3, 0.4) is 0 Å². The molecular weight excluding hydrogens is 381 g/mol. The topological polar surface area (TPSA) is 36.5 Å². The molecule has 0 bridgehead atoms. The van der Waals surface area contributed by atoms with Crippen molar-refractivity contribution in [2.24, 2.45) is 5.92 Å². The predicted octanol–water partition coefficient (Wildman–Crippen LogP) is 3.47. The van der Waals surface area contributed by atoms with Gasteiger partial charge in [-0.3, -0.25) is 4.90 Å². The summed E-state index contributed by atoms with van der Waals surface area (Å²) in [4.78, 5) is 2.57. The lowest BCUT2D eigenvalue weighted by molar-refractivity contribution is 0.0506. The molecule has 2 saturated heterocycles. The zero-order chi connectivity index (χ0) is 17.8. The molecule has 2 heterocycles. The summed E-state index contributed by atoms with van der Waals surface area (Å²) in [6, 6.07) is 10.2. The minimum Gasteiger partial charge on any atom is -0.379 e. The summed E-state index contributed by atoms with van der Waals surface area (Å²) < 4.78 is 5.71. The van der Waals surface area contributed by atoms with E-state index in [1.807, 2.05) is 12.1 Å². The molecule has 1 aromatic carbocycles. The standard InChI is InChI=1S/C21H32ClN3O.ClH/c22-17-6-4-16(5-7-17)14-25-11-8-18(9-12-25)24-20-3-1-2-19(20)21-15-26-13-10-23-21;/h4-7,18-21,23-24H,1-3,8-15H2;1H. The Morgan fingerprint density at radius 1 is 1.11 bits per heavy atom. The first-order valence-corrected chi connectivity index (χ1v) is 10.7. The van der Waals surface area contributed by atoms with Crippen LogP contribution >= 0.6 is 24.0 Å². The SMILES string of the molecule is Cl.Clc1ccc(CN2CCC(NC3CCCC3C3COCCN3)CC2)cc1. The molecule has 2 N–H and O–H groups in total. The van der Waals surface area contributed by atoms with Crippen LogP contribution in [0.25, 0.3) is 0 Å². The van der Waals surface area contributed by atoms with Gasteiger partial charge in [0.1, 0.15) is 0 Å². The van der Waals surface area contributed by atoms with E-state index in [-0.39, 0.29) is 12.4 Å². The fourth-order valence-corrected chi connectivity index (χ4v) is 5.07. The van der Waals surface area contributed by atoms with E-state index in [1.54, 1.807) is 0 Å². The van der Waals surface area contributed by atoms with Crippen LogP contribution in [-0.2, 0) is 11.3 Å². The largest absolute Gasteiger partial charge is 0.379 e. The highest BCUT2D eigenvalue weighted by atomic mass is 35.5. The van der Waals surface area contributed by atoms with Crippen LogP contribution in [0.1, 0.15) is 37.7 Å². The maximum Gasteiger partial charge on any atom is 0.0623 e. The lowest BCUT2D eigenvalue weighted by Crippen LogP contribution is -2.53. The normalized spacial score (nSPS) is 30.2. The van der Waals surface area contributed by atoms with Gasteiger partial charge < -0.3 is 15.4 Å². The van der Waals surface area contributed by atoms with Gasteiger partial charge in [-0.25, -0.2) is 0 Å². The Hall–Kier alpha value is -0.360. The molecule has 3 fully saturated rings. The average Bonchev–Trinajstić information content (AvgIpc) is 3.14. The van der Waals surface area contributed by atoms with E-state index in [4.69, 9.17) is 16.3 Å². The second kappa shape index (κ2) is 10.4. The first-order chi connectivity index (χ1) is 12.8. The molecule has 3 atom stereocenters. The summed E-state index contributed by atoms with van der Waals surface area (Å²) in [6.07, 6.45) is 6.54. The van der Waals surface area contributed by atoms with Crippen molar-refractivity contribution in [2.75, 3.05) is 32.8 Å². The average molecular weight is 414 g/mol. The number of rotatable bonds is 5. The van der Waals surface area contributed by atoms with Gasteiger partial charge in [0.15, 0.2) is 0 Å². The van der Waals surface area contributed by atoms with Crippen molar-refractivity contribution < 1.29 is 4.74 Å². The Kier molecular flexibility index (Phi) is 8.24. The van der Waals surface area contributed by atoms with Gasteiger partial charge in [-0.15, -0.1) is 12.4 Å². The lowest BCUT2D eigenvalue weighted by Gasteiger charge is -2.37. The van der Waals surface area contributed by atoms with Crippen molar-refractivity contribution in [3.05, 3.63) is 34.9 Å². The highest BCUT2D eigenvalue weighted by molar-refractivity contribution is 6.30. The molecule has 0 amide bonds. The van der Waals surface area contributed by atoms with E-state index in [0.717, 1.165) is 37.2 Å². The molecule has 3 aliphatic rings. The van der Waals surface area contributed by atoms with Gasteiger partial charge >= 0.3 is 0 Å². The van der Waals surface area contributed by atoms with E-state index >= 15 is 0 Å². The van der Waals surface area contributed by atoms with Gasteiger partial charge in [-0.1, -0.05) is 30.2 Å². The maximum absolute atomic E-state index is 5.99. The summed E-state index contributed by atoms with van der Waals surface area (Å²) in [5, 5.41) is 8.52.